The molecule has 6 heteroatoms. The van der Waals surface area contributed by atoms with E-state index < -0.39 is 5.97 Å². The van der Waals surface area contributed by atoms with Crippen LogP contribution in [0.1, 0.15) is 51.5 Å². The van der Waals surface area contributed by atoms with Gasteiger partial charge in [-0.25, -0.2) is 0 Å². The molecule has 2 rings (SSSR count). The third kappa shape index (κ3) is 5.58. The first-order chi connectivity index (χ1) is 12.4. The second-order valence-corrected chi connectivity index (χ2v) is 6.97. The maximum absolute atomic E-state index is 12.2. The summed E-state index contributed by atoms with van der Waals surface area (Å²) in [6.45, 7) is 6.76. The Bertz CT molecular complexity index is 640. The van der Waals surface area contributed by atoms with E-state index in [1.54, 1.807) is 4.90 Å². The molecule has 2 amide bonds. The summed E-state index contributed by atoms with van der Waals surface area (Å²) in [4.78, 5) is 37.7. The Balaban J connectivity index is 1.79. The van der Waals surface area contributed by atoms with E-state index in [9.17, 15) is 14.4 Å². The first-order valence-corrected chi connectivity index (χ1v) is 9.25. The van der Waals surface area contributed by atoms with Gasteiger partial charge in [0.1, 0.15) is 0 Å². The number of benzene rings is 1. The molecule has 1 aromatic carbocycles. The summed E-state index contributed by atoms with van der Waals surface area (Å²) >= 11 is 0. The van der Waals surface area contributed by atoms with Gasteiger partial charge in [0.05, 0.1) is 5.92 Å². The molecular weight excluding hydrogens is 332 g/mol. The van der Waals surface area contributed by atoms with E-state index in [2.05, 4.69) is 19.2 Å². The highest BCUT2D eigenvalue weighted by Crippen LogP contribution is 2.19. The number of hydrogen-bond acceptors (Lipinski definition) is 4. The highest BCUT2D eigenvalue weighted by atomic mass is 16.5. The number of anilines is 1. The monoisotopic (exact) mass is 360 g/mol. The topological polar surface area (TPSA) is 75.7 Å². The van der Waals surface area contributed by atoms with Crippen molar-refractivity contribution in [3.05, 3.63) is 29.8 Å². The molecule has 142 valence electrons. The van der Waals surface area contributed by atoms with E-state index in [1.165, 1.54) is 5.56 Å². The van der Waals surface area contributed by atoms with E-state index in [0.717, 1.165) is 6.42 Å². The molecule has 1 fully saturated rings. The van der Waals surface area contributed by atoms with Crippen LogP contribution in [0.25, 0.3) is 0 Å². The van der Waals surface area contributed by atoms with Crippen molar-refractivity contribution in [3.8, 4) is 0 Å². The second kappa shape index (κ2) is 9.36. The van der Waals surface area contributed by atoms with Gasteiger partial charge in [0, 0.05) is 25.2 Å². The van der Waals surface area contributed by atoms with Crippen LogP contribution in [0.2, 0.25) is 0 Å². The number of carbonyl (C=O) groups excluding carboxylic acids is 3. The van der Waals surface area contributed by atoms with Gasteiger partial charge in [-0.3, -0.25) is 14.4 Å². The Kier molecular flexibility index (Phi) is 7.18. The lowest BCUT2D eigenvalue weighted by molar-refractivity contribution is -0.154. The van der Waals surface area contributed by atoms with Crippen molar-refractivity contribution in [2.45, 2.75) is 46.0 Å². The highest BCUT2D eigenvalue weighted by molar-refractivity contribution is 5.93. The van der Waals surface area contributed by atoms with Crippen molar-refractivity contribution < 1.29 is 19.1 Å². The summed E-state index contributed by atoms with van der Waals surface area (Å²) in [5.41, 5.74) is 1.87. The third-order valence-electron chi connectivity index (χ3n) is 4.62. The number of nitrogens with one attached hydrogen (secondary N) is 1. The Morgan fingerprint density at radius 2 is 1.92 bits per heavy atom. The summed E-state index contributed by atoms with van der Waals surface area (Å²) in [5, 5.41) is 2.72. The van der Waals surface area contributed by atoms with Gasteiger partial charge in [0.25, 0.3) is 5.91 Å². The summed E-state index contributed by atoms with van der Waals surface area (Å²) in [6.07, 6.45) is 1.89. The average molecular weight is 360 g/mol. The molecule has 26 heavy (non-hydrogen) atoms. The number of nitrogens with zero attached hydrogens (tertiary/aromatic N) is 1. The molecule has 0 radical (unpaired) electrons. The molecule has 1 aromatic rings. The van der Waals surface area contributed by atoms with Gasteiger partial charge in [-0.1, -0.05) is 32.9 Å². The van der Waals surface area contributed by atoms with Crippen molar-refractivity contribution in [2.75, 3.05) is 25.0 Å². The van der Waals surface area contributed by atoms with Crippen molar-refractivity contribution in [3.63, 3.8) is 0 Å². The van der Waals surface area contributed by atoms with Crippen LogP contribution < -0.4 is 5.32 Å². The Morgan fingerprint density at radius 3 is 2.54 bits per heavy atom. The molecule has 0 saturated carbocycles. The van der Waals surface area contributed by atoms with Crippen LogP contribution in [0, 0.1) is 5.92 Å². The molecule has 1 aliphatic rings. The van der Waals surface area contributed by atoms with E-state index >= 15 is 0 Å². The van der Waals surface area contributed by atoms with Crippen molar-refractivity contribution in [2.24, 2.45) is 5.92 Å². The van der Waals surface area contributed by atoms with Gasteiger partial charge in [0.15, 0.2) is 6.61 Å². The molecule has 1 saturated heterocycles. The first-order valence-electron chi connectivity index (χ1n) is 9.25. The Morgan fingerprint density at radius 1 is 1.23 bits per heavy atom. The van der Waals surface area contributed by atoms with Gasteiger partial charge >= 0.3 is 5.97 Å². The van der Waals surface area contributed by atoms with Gasteiger partial charge in [-0.15, -0.1) is 0 Å². The smallest absolute Gasteiger partial charge is 0.311 e. The third-order valence-corrected chi connectivity index (χ3v) is 4.62. The average Bonchev–Trinajstić information content (AvgIpc) is 2.66. The van der Waals surface area contributed by atoms with Crippen LogP contribution in [0.5, 0.6) is 0 Å². The molecule has 1 N–H and O–H groups in total. The standard InChI is InChI=1S/C20H28N2O4/c1-4-19(24)22-11-5-6-16(12-22)20(25)26-13-18(23)21-17-9-7-15(8-10-17)14(2)3/h7-10,14,16H,4-6,11-13H2,1-3H3,(H,21,23). The number of hydrogen-bond donors (Lipinski definition) is 1. The van der Waals surface area contributed by atoms with Crippen LogP contribution in [0.3, 0.4) is 0 Å². The number of piperidine rings is 1. The number of ether oxygens (including phenoxy) is 1. The Labute approximate surface area is 154 Å². The van der Waals surface area contributed by atoms with E-state index in [-0.39, 0.29) is 24.3 Å². The quantitative estimate of drug-likeness (QED) is 0.792. The van der Waals surface area contributed by atoms with Crippen molar-refractivity contribution in [1.82, 2.24) is 4.90 Å². The minimum absolute atomic E-state index is 0.0464. The van der Waals surface area contributed by atoms with E-state index in [4.69, 9.17) is 4.74 Å². The maximum Gasteiger partial charge on any atom is 0.311 e. The van der Waals surface area contributed by atoms with Gasteiger partial charge < -0.3 is 15.0 Å². The highest BCUT2D eigenvalue weighted by Gasteiger charge is 2.29. The van der Waals surface area contributed by atoms with Crippen LogP contribution in [0.4, 0.5) is 5.69 Å². The Hall–Kier alpha value is -2.37. The number of amides is 2. The molecule has 6 nitrogen and oxygen atoms in total. The minimum atomic E-state index is -0.413. The minimum Gasteiger partial charge on any atom is -0.455 e. The molecule has 1 unspecified atom stereocenters. The molecule has 0 bridgehead atoms. The fourth-order valence-corrected chi connectivity index (χ4v) is 3.02. The summed E-state index contributed by atoms with van der Waals surface area (Å²) in [5.74, 6) is -0.658. The fraction of sp³-hybridized carbons (Fsp3) is 0.550. The van der Waals surface area contributed by atoms with Crippen LogP contribution in [0.15, 0.2) is 24.3 Å². The molecule has 0 aromatic heterocycles. The second-order valence-electron chi connectivity index (χ2n) is 6.97. The predicted octanol–water partition coefficient (Wildman–Crippen LogP) is 2.94. The predicted molar refractivity (Wildman–Crippen MR) is 99.7 cm³/mol. The van der Waals surface area contributed by atoms with Gasteiger partial charge in [-0.2, -0.15) is 0 Å². The summed E-state index contributed by atoms with van der Waals surface area (Å²) in [6, 6.07) is 7.61. The maximum atomic E-state index is 12.2. The lowest BCUT2D eigenvalue weighted by atomic mass is 9.98. The zero-order valence-electron chi connectivity index (χ0n) is 15.8. The zero-order chi connectivity index (χ0) is 19.1. The summed E-state index contributed by atoms with van der Waals surface area (Å²) in [7, 11) is 0. The fourth-order valence-electron chi connectivity index (χ4n) is 3.02. The number of carbonyl (C=O) groups is 3. The number of esters is 1. The molecule has 1 aliphatic heterocycles. The lowest BCUT2D eigenvalue weighted by Crippen LogP contribution is -2.42. The summed E-state index contributed by atoms with van der Waals surface area (Å²) < 4.78 is 5.15. The molecule has 0 spiro atoms. The van der Waals surface area contributed by atoms with Gasteiger partial charge in [0.2, 0.25) is 5.91 Å². The number of rotatable bonds is 6. The van der Waals surface area contributed by atoms with Crippen LogP contribution in [-0.2, 0) is 19.1 Å². The van der Waals surface area contributed by atoms with Crippen molar-refractivity contribution in [1.29, 1.82) is 0 Å². The molecule has 1 atom stereocenters. The van der Waals surface area contributed by atoms with Crippen LogP contribution in [-0.4, -0.2) is 42.4 Å². The SMILES string of the molecule is CCC(=O)N1CCCC(C(=O)OCC(=O)Nc2ccc(C(C)C)cc2)C1. The van der Waals surface area contributed by atoms with Crippen LogP contribution >= 0.6 is 0 Å². The molecule has 1 heterocycles. The van der Waals surface area contributed by atoms with E-state index in [0.29, 0.717) is 37.5 Å². The molecule has 0 aliphatic carbocycles. The number of likely N-dealkylation sites (tertiary alicyclic amines) is 1. The first kappa shape index (κ1) is 19.9. The van der Waals surface area contributed by atoms with Crippen molar-refractivity contribution >= 4 is 23.5 Å². The normalized spacial score (nSPS) is 17.1. The van der Waals surface area contributed by atoms with Gasteiger partial charge in [-0.05, 0) is 36.5 Å². The van der Waals surface area contributed by atoms with E-state index in [1.807, 2.05) is 31.2 Å². The lowest BCUT2D eigenvalue weighted by Gasteiger charge is -2.31. The largest absolute Gasteiger partial charge is 0.455 e. The molecular formula is C20H28N2O4. The zero-order valence-corrected chi connectivity index (χ0v) is 15.8.